The molecule has 0 aliphatic carbocycles. The van der Waals surface area contributed by atoms with Crippen LogP contribution in [-0.2, 0) is 0 Å². The van der Waals surface area contributed by atoms with Gasteiger partial charge < -0.3 is 18.9 Å². The van der Waals surface area contributed by atoms with E-state index in [2.05, 4.69) is 110 Å². The van der Waals surface area contributed by atoms with Crippen LogP contribution in [0.4, 0.5) is 0 Å². The Morgan fingerprint density at radius 3 is 1.05 bits per heavy atom. The summed E-state index contributed by atoms with van der Waals surface area (Å²) in [6, 6.07) is 23.1. The van der Waals surface area contributed by atoms with Gasteiger partial charge in [-0.25, -0.2) is 0 Å². The van der Waals surface area contributed by atoms with E-state index in [0.29, 0.717) is 0 Å². The van der Waals surface area contributed by atoms with E-state index in [4.69, 9.17) is 18.9 Å². The zero-order valence-electron chi connectivity index (χ0n) is 25.1. The summed E-state index contributed by atoms with van der Waals surface area (Å²) in [7, 11) is -1.17. The summed E-state index contributed by atoms with van der Waals surface area (Å²) >= 11 is 0. The van der Waals surface area contributed by atoms with E-state index in [-0.39, 0.29) is 24.4 Å². The lowest BCUT2D eigenvalue weighted by Gasteiger charge is -2.30. The maximum absolute atomic E-state index is 6.61. The predicted octanol–water partition coefficient (Wildman–Crippen LogP) is 8.15. The SMILES string of the molecule is CCC(C)Oc1cccc(OC(C)CC)c1P(c1ccccc1)c1c(OC(C)CC)cccc1OC(C)CC. The molecular weight excluding hydrogens is 503 g/mol. The summed E-state index contributed by atoms with van der Waals surface area (Å²) in [5.74, 6) is 3.42. The summed E-state index contributed by atoms with van der Waals surface area (Å²) in [6.45, 7) is 17.1. The van der Waals surface area contributed by atoms with Crippen LogP contribution in [0.2, 0.25) is 0 Å². The number of rotatable bonds is 15. The summed E-state index contributed by atoms with van der Waals surface area (Å²) in [4.78, 5) is 0. The minimum absolute atomic E-state index is 0.0673. The molecule has 0 aliphatic heterocycles. The lowest BCUT2D eigenvalue weighted by atomic mass is 10.2. The third-order valence-corrected chi connectivity index (χ3v) is 9.59. The normalized spacial score (nSPS) is 15.1. The van der Waals surface area contributed by atoms with Gasteiger partial charge >= 0.3 is 0 Å². The Kier molecular flexibility index (Phi) is 12.0. The largest absolute Gasteiger partial charge is 0.490 e. The van der Waals surface area contributed by atoms with E-state index in [0.717, 1.165) is 59.3 Å². The van der Waals surface area contributed by atoms with Crippen LogP contribution in [-0.4, -0.2) is 24.4 Å². The predicted molar refractivity (Wildman–Crippen MR) is 167 cm³/mol. The van der Waals surface area contributed by atoms with Gasteiger partial charge in [0.1, 0.15) is 23.0 Å². The van der Waals surface area contributed by atoms with Crippen molar-refractivity contribution in [3.63, 3.8) is 0 Å². The Labute approximate surface area is 237 Å². The molecule has 3 aromatic carbocycles. The number of hydrogen-bond donors (Lipinski definition) is 0. The molecule has 0 N–H and O–H groups in total. The minimum atomic E-state index is -1.17. The van der Waals surface area contributed by atoms with Crippen molar-refractivity contribution in [3.8, 4) is 23.0 Å². The van der Waals surface area contributed by atoms with Gasteiger partial charge in [-0.05, 0) is 82.9 Å². The lowest BCUT2D eigenvalue weighted by molar-refractivity contribution is 0.208. The highest BCUT2D eigenvalue weighted by atomic mass is 31.1. The average molecular weight is 551 g/mol. The Hall–Kier alpha value is -2.71. The molecule has 0 saturated heterocycles. The van der Waals surface area contributed by atoms with Gasteiger partial charge in [-0.15, -0.1) is 0 Å². The third-order valence-electron chi connectivity index (χ3n) is 7.00. The molecule has 0 saturated carbocycles. The van der Waals surface area contributed by atoms with Crippen molar-refractivity contribution in [2.45, 2.75) is 105 Å². The highest BCUT2D eigenvalue weighted by Crippen LogP contribution is 2.46. The standard InChI is InChI=1S/C34H47O4P/c1-9-24(5)35-29-20-16-21-30(36-25(6)10-2)33(29)39(28-18-14-13-15-19-28)34-31(37-26(7)11-3)22-17-23-32(34)38-27(8)12-4/h13-27H,9-12H2,1-8H3. The first kappa shape index (κ1) is 30.8. The second kappa shape index (κ2) is 15.2. The molecular formula is C34H47O4P. The number of ether oxygens (including phenoxy) is 4. The smallest absolute Gasteiger partial charge is 0.131 e. The van der Waals surface area contributed by atoms with Gasteiger partial charge in [-0.1, -0.05) is 70.2 Å². The molecule has 0 aliphatic rings. The molecule has 4 unspecified atom stereocenters. The van der Waals surface area contributed by atoms with Crippen molar-refractivity contribution in [1.82, 2.24) is 0 Å². The average Bonchev–Trinajstić information content (AvgIpc) is 2.95. The molecule has 0 heterocycles. The Morgan fingerprint density at radius 1 is 0.462 bits per heavy atom. The van der Waals surface area contributed by atoms with Gasteiger partial charge in [-0.2, -0.15) is 0 Å². The van der Waals surface area contributed by atoms with Crippen LogP contribution in [0.3, 0.4) is 0 Å². The molecule has 0 bridgehead atoms. The molecule has 4 atom stereocenters. The van der Waals surface area contributed by atoms with Crippen LogP contribution in [0.25, 0.3) is 0 Å². The van der Waals surface area contributed by atoms with Crippen LogP contribution < -0.4 is 34.9 Å². The Balaban J connectivity index is 2.40. The zero-order valence-corrected chi connectivity index (χ0v) is 26.0. The quantitative estimate of drug-likeness (QED) is 0.179. The van der Waals surface area contributed by atoms with Crippen LogP contribution >= 0.6 is 7.92 Å². The van der Waals surface area contributed by atoms with E-state index in [1.165, 1.54) is 5.30 Å². The molecule has 5 heteroatoms. The number of hydrogen-bond acceptors (Lipinski definition) is 4. The summed E-state index contributed by atoms with van der Waals surface area (Å²) in [6.07, 6.45) is 3.92. The van der Waals surface area contributed by atoms with Crippen molar-refractivity contribution >= 4 is 23.8 Å². The molecule has 3 aromatic rings. The molecule has 0 radical (unpaired) electrons. The van der Waals surface area contributed by atoms with E-state index in [1.54, 1.807) is 0 Å². The minimum Gasteiger partial charge on any atom is -0.490 e. The number of benzene rings is 3. The highest BCUT2D eigenvalue weighted by Gasteiger charge is 2.32. The summed E-state index contributed by atoms with van der Waals surface area (Å²) in [5, 5.41) is 3.32. The van der Waals surface area contributed by atoms with E-state index in [1.807, 2.05) is 12.1 Å². The molecule has 212 valence electrons. The molecule has 39 heavy (non-hydrogen) atoms. The second-order valence-corrected chi connectivity index (χ2v) is 12.3. The van der Waals surface area contributed by atoms with Crippen molar-refractivity contribution < 1.29 is 18.9 Å². The van der Waals surface area contributed by atoms with E-state index >= 15 is 0 Å². The van der Waals surface area contributed by atoms with Crippen molar-refractivity contribution in [2.24, 2.45) is 0 Å². The van der Waals surface area contributed by atoms with Gasteiger partial charge in [0.25, 0.3) is 0 Å². The van der Waals surface area contributed by atoms with Crippen LogP contribution in [0.5, 0.6) is 23.0 Å². The Bertz CT molecular complexity index is 1020. The molecule has 0 amide bonds. The van der Waals surface area contributed by atoms with Crippen LogP contribution in [0.1, 0.15) is 81.1 Å². The molecule has 4 nitrogen and oxygen atoms in total. The summed E-state index contributed by atoms with van der Waals surface area (Å²) in [5.41, 5.74) is 0. The van der Waals surface area contributed by atoms with Gasteiger partial charge in [-0.3, -0.25) is 0 Å². The van der Waals surface area contributed by atoms with E-state index < -0.39 is 7.92 Å². The first-order valence-electron chi connectivity index (χ1n) is 14.6. The van der Waals surface area contributed by atoms with Crippen molar-refractivity contribution in [1.29, 1.82) is 0 Å². The monoisotopic (exact) mass is 550 g/mol. The molecule has 0 spiro atoms. The van der Waals surface area contributed by atoms with Crippen LogP contribution in [0.15, 0.2) is 66.7 Å². The summed E-state index contributed by atoms with van der Waals surface area (Å²) < 4.78 is 26.5. The maximum Gasteiger partial charge on any atom is 0.131 e. The third kappa shape index (κ3) is 8.15. The topological polar surface area (TPSA) is 36.9 Å². The first-order chi connectivity index (χ1) is 18.8. The maximum atomic E-state index is 6.61. The first-order valence-corrected chi connectivity index (χ1v) is 15.9. The molecule has 0 fully saturated rings. The van der Waals surface area contributed by atoms with Gasteiger partial charge in [0.05, 0.1) is 35.0 Å². The van der Waals surface area contributed by atoms with Crippen molar-refractivity contribution in [2.75, 3.05) is 0 Å². The highest BCUT2D eigenvalue weighted by molar-refractivity contribution is 7.80. The fourth-order valence-electron chi connectivity index (χ4n) is 3.97. The van der Waals surface area contributed by atoms with Gasteiger partial charge in [0, 0.05) is 7.92 Å². The lowest BCUT2D eigenvalue weighted by Crippen LogP contribution is -2.30. The molecule has 3 rings (SSSR count). The molecule has 0 aromatic heterocycles. The zero-order chi connectivity index (χ0) is 28.4. The van der Waals surface area contributed by atoms with Gasteiger partial charge in [0.15, 0.2) is 0 Å². The fourth-order valence-corrected chi connectivity index (χ4v) is 6.57. The van der Waals surface area contributed by atoms with Crippen LogP contribution in [0, 0.1) is 0 Å². The van der Waals surface area contributed by atoms with E-state index in [9.17, 15) is 0 Å². The second-order valence-electron chi connectivity index (χ2n) is 10.2. The van der Waals surface area contributed by atoms with Crippen molar-refractivity contribution in [3.05, 3.63) is 66.7 Å². The fraction of sp³-hybridized carbons (Fsp3) is 0.471. The Morgan fingerprint density at radius 2 is 0.769 bits per heavy atom. The van der Waals surface area contributed by atoms with Gasteiger partial charge in [0.2, 0.25) is 0 Å².